The van der Waals surface area contributed by atoms with Gasteiger partial charge < -0.3 is 4.74 Å². The largest absolute Gasteiger partial charge is 0.469 e. The summed E-state index contributed by atoms with van der Waals surface area (Å²) < 4.78 is 4.73. The third-order valence-corrected chi connectivity index (χ3v) is 3.20. The van der Waals surface area contributed by atoms with Gasteiger partial charge in [0.15, 0.2) is 0 Å². The molecule has 5 nitrogen and oxygen atoms in total. The first-order valence-corrected chi connectivity index (χ1v) is 6.57. The van der Waals surface area contributed by atoms with Crippen LogP contribution in [0.1, 0.15) is 29.2 Å². The summed E-state index contributed by atoms with van der Waals surface area (Å²) in [4.78, 5) is 19.6. The third-order valence-electron chi connectivity index (χ3n) is 3.02. The van der Waals surface area contributed by atoms with Gasteiger partial charge in [0.25, 0.3) is 0 Å². The molecule has 2 aromatic rings. The average molecular weight is 302 g/mol. The van der Waals surface area contributed by atoms with E-state index in [1.54, 1.807) is 24.3 Å². The lowest BCUT2D eigenvalue weighted by molar-refractivity contribution is -0.140. The maximum Gasteiger partial charge on any atom is 0.306 e. The highest BCUT2D eigenvalue weighted by Gasteiger charge is 2.21. The van der Waals surface area contributed by atoms with E-state index >= 15 is 0 Å². The fourth-order valence-electron chi connectivity index (χ4n) is 2.01. The van der Waals surface area contributed by atoms with Gasteiger partial charge >= 0.3 is 5.97 Å². The Morgan fingerprint density at radius 2 is 2.29 bits per heavy atom. The zero-order chi connectivity index (χ0) is 15.2. The first kappa shape index (κ1) is 14.9. The maximum absolute atomic E-state index is 11.6. The molecule has 1 aromatic carbocycles. The van der Waals surface area contributed by atoms with Crippen molar-refractivity contribution in [3.63, 3.8) is 0 Å². The Kier molecular flexibility index (Phi) is 4.85. The molecular formula is C15H12ClN3O2. The molecule has 0 radical (unpaired) electrons. The van der Waals surface area contributed by atoms with Crippen LogP contribution in [0.15, 0.2) is 36.5 Å². The van der Waals surface area contributed by atoms with Crippen LogP contribution in [0.25, 0.3) is 0 Å². The van der Waals surface area contributed by atoms with E-state index in [0.717, 1.165) is 5.56 Å². The number of nitrogens with zero attached hydrogens (tertiary/aromatic N) is 3. The highest BCUT2D eigenvalue weighted by Crippen LogP contribution is 2.28. The summed E-state index contributed by atoms with van der Waals surface area (Å²) in [5.74, 6) is -0.705. The van der Waals surface area contributed by atoms with Gasteiger partial charge in [-0.05, 0) is 35.4 Å². The molecule has 0 saturated heterocycles. The number of carbonyl (C=O) groups is 1. The van der Waals surface area contributed by atoms with E-state index in [4.69, 9.17) is 21.6 Å². The van der Waals surface area contributed by atoms with Crippen LogP contribution in [0.5, 0.6) is 0 Å². The predicted octanol–water partition coefficient (Wildman–Crippen LogP) is 2.70. The van der Waals surface area contributed by atoms with Crippen LogP contribution in [0, 0.1) is 11.3 Å². The van der Waals surface area contributed by atoms with Gasteiger partial charge in [0.1, 0.15) is 0 Å². The minimum Gasteiger partial charge on any atom is -0.469 e. The molecule has 0 fully saturated rings. The van der Waals surface area contributed by atoms with Crippen molar-refractivity contribution in [2.24, 2.45) is 0 Å². The number of carbonyl (C=O) groups excluding carboxylic acids is 1. The second-order valence-corrected chi connectivity index (χ2v) is 4.66. The molecule has 0 aliphatic carbocycles. The van der Waals surface area contributed by atoms with Crippen molar-refractivity contribution < 1.29 is 9.53 Å². The van der Waals surface area contributed by atoms with Crippen LogP contribution in [-0.4, -0.2) is 23.0 Å². The van der Waals surface area contributed by atoms with E-state index in [2.05, 4.69) is 16.0 Å². The highest BCUT2D eigenvalue weighted by molar-refractivity contribution is 6.28. The predicted molar refractivity (Wildman–Crippen MR) is 76.7 cm³/mol. The number of aromatic nitrogens is 2. The van der Waals surface area contributed by atoms with Crippen LogP contribution in [0.3, 0.4) is 0 Å². The fraction of sp³-hybridized carbons (Fsp3) is 0.200. The van der Waals surface area contributed by atoms with Crippen molar-refractivity contribution >= 4 is 17.6 Å². The van der Waals surface area contributed by atoms with Crippen LogP contribution in [0.4, 0.5) is 0 Å². The van der Waals surface area contributed by atoms with Crippen molar-refractivity contribution in [3.05, 3.63) is 58.6 Å². The number of rotatable bonds is 4. The molecule has 0 spiro atoms. The molecule has 0 saturated carbocycles. The number of halogens is 1. The summed E-state index contributed by atoms with van der Waals surface area (Å²) in [6, 6.07) is 10.8. The SMILES string of the molecule is COC(=O)CC(c1cccc(C#N)c1)c1ccnc(Cl)n1. The van der Waals surface area contributed by atoms with Crippen LogP contribution in [-0.2, 0) is 9.53 Å². The van der Waals surface area contributed by atoms with Gasteiger partial charge in [0.05, 0.1) is 30.9 Å². The fourth-order valence-corrected chi connectivity index (χ4v) is 2.16. The normalized spacial score (nSPS) is 11.5. The number of hydrogen-bond donors (Lipinski definition) is 0. The van der Waals surface area contributed by atoms with Crippen LogP contribution in [0.2, 0.25) is 5.28 Å². The second-order valence-electron chi connectivity index (χ2n) is 4.32. The number of benzene rings is 1. The first-order chi connectivity index (χ1) is 10.1. The Balaban J connectivity index is 2.45. The van der Waals surface area contributed by atoms with E-state index < -0.39 is 0 Å². The number of esters is 1. The standard InChI is InChI=1S/C15H12ClN3O2/c1-21-14(20)8-12(13-5-6-18-15(16)19-13)11-4-2-3-10(7-11)9-17/h2-7,12H,8H2,1H3. The van der Waals surface area contributed by atoms with Crippen molar-refractivity contribution in [1.82, 2.24) is 9.97 Å². The van der Waals surface area contributed by atoms with E-state index in [1.165, 1.54) is 13.3 Å². The van der Waals surface area contributed by atoms with Crippen molar-refractivity contribution in [2.75, 3.05) is 7.11 Å². The summed E-state index contributed by atoms with van der Waals surface area (Å²) in [6.07, 6.45) is 1.64. The lowest BCUT2D eigenvalue weighted by Crippen LogP contribution is -2.12. The Morgan fingerprint density at radius 3 is 2.95 bits per heavy atom. The topological polar surface area (TPSA) is 75.9 Å². The first-order valence-electron chi connectivity index (χ1n) is 6.19. The summed E-state index contributed by atoms with van der Waals surface area (Å²) in [6.45, 7) is 0. The molecule has 0 aliphatic heterocycles. The zero-order valence-corrected chi connectivity index (χ0v) is 12.0. The molecule has 0 amide bonds. The number of methoxy groups -OCH3 is 1. The molecule has 0 aliphatic rings. The van der Waals surface area contributed by atoms with E-state index in [9.17, 15) is 4.79 Å². The van der Waals surface area contributed by atoms with Gasteiger partial charge in [-0.15, -0.1) is 0 Å². The number of ether oxygens (including phenoxy) is 1. The molecule has 1 unspecified atom stereocenters. The molecule has 0 N–H and O–H groups in total. The molecule has 1 heterocycles. The molecule has 2 rings (SSSR count). The minimum atomic E-state index is -0.364. The third kappa shape index (κ3) is 3.77. The smallest absolute Gasteiger partial charge is 0.306 e. The van der Waals surface area contributed by atoms with Crippen LogP contribution >= 0.6 is 11.6 Å². The van der Waals surface area contributed by atoms with Gasteiger partial charge in [-0.25, -0.2) is 9.97 Å². The van der Waals surface area contributed by atoms with Crippen LogP contribution < -0.4 is 0 Å². The van der Waals surface area contributed by atoms with Gasteiger partial charge in [-0.2, -0.15) is 5.26 Å². The van der Waals surface area contributed by atoms with Crippen molar-refractivity contribution in [2.45, 2.75) is 12.3 Å². The molecule has 1 atom stereocenters. The molecule has 21 heavy (non-hydrogen) atoms. The summed E-state index contributed by atoms with van der Waals surface area (Å²) in [7, 11) is 1.33. The maximum atomic E-state index is 11.6. The zero-order valence-electron chi connectivity index (χ0n) is 11.3. The molecule has 0 bridgehead atoms. The molecule has 106 valence electrons. The van der Waals surface area contributed by atoms with Gasteiger partial charge in [-0.1, -0.05) is 12.1 Å². The quantitative estimate of drug-likeness (QED) is 0.641. The minimum absolute atomic E-state index is 0.110. The van der Waals surface area contributed by atoms with Crippen molar-refractivity contribution in [3.8, 4) is 6.07 Å². The molecule has 6 heteroatoms. The summed E-state index contributed by atoms with van der Waals surface area (Å²) in [5, 5.41) is 9.11. The summed E-state index contributed by atoms with van der Waals surface area (Å²) in [5.41, 5.74) is 1.92. The Bertz CT molecular complexity index is 697. The van der Waals surface area contributed by atoms with E-state index in [1.807, 2.05) is 6.07 Å². The van der Waals surface area contributed by atoms with Gasteiger partial charge in [0, 0.05) is 12.1 Å². The van der Waals surface area contributed by atoms with Gasteiger partial charge in [0.2, 0.25) is 5.28 Å². The summed E-state index contributed by atoms with van der Waals surface area (Å²) >= 11 is 5.81. The Labute approximate surface area is 127 Å². The average Bonchev–Trinajstić information content (AvgIpc) is 2.52. The molecular weight excluding hydrogens is 290 g/mol. The van der Waals surface area contributed by atoms with E-state index in [0.29, 0.717) is 11.3 Å². The molecule has 1 aromatic heterocycles. The second kappa shape index (κ2) is 6.82. The Hall–Kier alpha value is -2.45. The highest BCUT2D eigenvalue weighted by atomic mass is 35.5. The van der Waals surface area contributed by atoms with Gasteiger partial charge in [-0.3, -0.25) is 4.79 Å². The monoisotopic (exact) mass is 301 g/mol. The lowest BCUT2D eigenvalue weighted by Gasteiger charge is -2.16. The Morgan fingerprint density at radius 1 is 1.48 bits per heavy atom. The van der Waals surface area contributed by atoms with Crippen molar-refractivity contribution in [1.29, 1.82) is 5.26 Å². The lowest BCUT2D eigenvalue weighted by atomic mass is 9.91. The number of hydrogen-bond acceptors (Lipinski definition) is 5. The number of nitriles is 1. The van der Waals surface area contributed by atoms with E-state index in [-0.39, 0.29) is 23.6 Å².